The van der Waals surface area contributed by atoms with Crippen molar-refractivity contribution in [1.82, 2.24) is 5.32 Å². The quantitative estimate of drug-likeness (QED) is 0.842. The Hall–Kier alpha value is -0.540. The SMILES string of the molecule is Cc1cc(Br)c(N2CCNCC2)cc1C. The van der Waals surface area contributed by atoms with Crippen molar-refractivity contribution < 1.29 is 0 Å². The smallest absolute Gasteiger partial charge is 0.0514 e. The fourth-order valence-corrected chi connectivity index (χ4v) is 2.62. The Morgan fingerprint density at radius 3 is 2.40 bits per heavy atom. The molecular weight excluding hydrogens is 252 g/mol. The van der Waals surface area contributed by atoms with Crippen LogP contribution in [-0.4, -0.2) is 26.2 Å². The molecule has 0 atom stereocenters. The number of nitrogens with zero attached hydrogens (tertiary/aromatic N) is 1. The molecule has 1 saturated heterocycles. The fourth-order valence-electron chi connectivity index (χ4n) is 1.91. The van der Waals surface area contributed by atoms with Gasteiger partial charge in [0.15, 0.2) is 0 Å². The van der Waals surface area contributed by atoms with Crippen molar-refractivity contribution in [2.75, 3.05) is 31.1 Å². The van der Waals surface area contributed by atoms with Crippen LogP contribution < -0.4 is 10.2 Å². The van der Waals surface area contributed by atoms with E-state index in [0.29, 0.717) is 0 Å². The summed E-state index contributed by atoms with van der Waals surface area (Å²) in [7, 11) is 0. The third-order valence-corrected chi connectivity index (χ3v) is 3.66. The van der Waals surface area contributed by atoms with Crippen molar-refractivity contribution in [3.05, 3.63) is 27.7 Å². The molecule has 1 aliphatic rings. The number of hydrogen-bond acceptors (Lipinski definition) is 2. The minimum Gasteiger partial charge on any atom is -0.368 e. The molecule has 15 heavy (non-hydrogen) atoms. The van der Waals surface area contributed by atoms with Gasteiger partial charge in [-0.05, 0) is 53.0 Å². The molecule has 1 aromatic carbocycles. The molecule has 0 aromatic heterocycles. The first-order valence-corrected chi connectivity index (χ1v) is 6.20. The summed E-state index contributed by atoms with van der Waals surface area (Å²) in [5, 5.41) is 3.37. The second-order valence-corrected chi connectivity index (χ2v) is 4.98. The molecule has 2 rings (SSSR count). The summed E-state index contributed by atoms with van der Waals surface area (Å²) in [5.74, 6) is 0. The van der Waals surface area contributed by atoms with E-state index in [1.54, 1.807) is 0 Å². The van der Waals surface area contributed by atoms with E-state index in [-0.39, 0.29) is 0 Å². The Bertz CT molecular complexity index is 357. The fraction of sp³-hybridized carbons (Fsp3) is 0.500. The first-order valence-electron chi connectivity index (χ1n) is 5.41. The summed E-state index contributed by atoms with van der Waals surface area (Å²) in [6.07, 6.45) is 0. The van der Waals surface area contributed by atoms with Crippen molar-refractivity contribution >= 4 is 21.6 Å². The minimum absolute atomic E-state index is 1.08. The van der Waals surface area contributed by atoms with Gasteiger partial charge in [0.2, 0.25) is 0 Å². The molecule has 0 amide bonds. The van der Waals surface area contributed by atoms with Crippen LogP contribution in [0, 0.1) is 13.8 Å². The van der Waals surface area contributed by atoms with Gasteiger partial charge in [-0.15, -0.1) is 0 Å². The second-order valence-electron chi connectivity index (χ2n) is 4.12. The third-order valence-electron chi connectivity index (χ3n) is 3.02. The molecule has 1 fully saturated rings. The number of halogens is 1. The average Bonchev–Trinajstić information content (AvgIpc) is 2.25. The summed E-state index contributed by atoms with van der Waals surface area (Å²) in [6, 6.07) is 4.50. The van der Waals surface area contributed by atoms with Gasteiger partial charge in [0.25, 0.3) is 0 Å². The third kappa shape index (κ3) is 2.34. The standard InChI is InChI=1S/C12H17BrN2/c1-9-7-11(13)12(8-10(9)2)15-5-3-14-4-6-15/h7-8,14H,3-6H2,1-2H3. The monoisotopic (exact) mass is 268 g/mol. The van der Waals surface area contributed by atoms with Crippen molar-refractivity contribution in [2.24, 2.45) is 0 Å². The summed E-state index contributed by atoms with van der Waals surface area (Å²) < 4.78 is 1.22. The van der Waals surface area contributed by atoms with E-state index in [1.165, 1.54) is 21.3 Å². The lowest BCUT2D eigenvalue weighted by Crippen LogP contribution is -2.43. The first-order chi connectivity index (χ1) is 7.18. The molecule has 1 N–H and O–H groups in total. The Kier molecular flexibility index (Phi) is 3.32. The van der Waals surface area contributed by atoms with Gasteiger partial charge < -0.3 is 10.2 Å². The van der Waals surface area contributed by atoms with Crippen LogP contribution in [0.5, 0.6) is 0 Å². The van der Waals surface area contributed by atoms with Gasteiger partial charge in [-0.2, -0.15) is 0 Å². The van der Waals surface area contributed by atoms with Gasteiger partial charge in [0.1, 0.15) is 0 Å². The highest BCUT2D eigenvalue weighted by Gasteiger charge is 2.13. The highest BCUT2D eigenvalue weighted by molar-refractivity contribution is 9.10. The molecule has 0 bridgehead atoms. The lowest BCUT2D eigenvalue weighted by Gasteiger charge is -2.30. The molecular formula is C12H17BrN2. The molecule has 2 nitrogen and oxygen atoms in total. The molecule has 82 valence electrons. The van der Waals surface area contributed by atoms with Crippen LogP contribution in [0.2, 0.25) is 0 Å². The van der Waals surface area contributed by atoms with E-state index in [4.69, 9.17) is 0 Å². The molecule has 0 unspecified atom stereocenters. The average molecular weight is 269 g/mol. The van der Waals surface area contributed by atoms with Gasteiger partial charge in [0, 0.05) is 30.7 Å². The summed E-state index contributed by atoms with van der Waals surface area (Å²) in [5.41, 5.74) is 4.05. The zero-order valence-electron chi connectivity index (χ0n) is 9.31. The lowest BCUT2D eigenvalue weighted by molar-refractivity contribution is 0.588. The van der Waals surface area contributed by atoms with Crippen LogP contribution in [0.15, 0.2) is 16.6 Å². The predicted octanol–water partition coefficient (Wildman–Crippen LogP) is 2.48. The zero-order chi connectivity index (χ0) is 10.8. The lowest BCUT2D eigenvalue weighted by atomic mass is 10.1. The Morgan fingerprint density at radius 2 is 1.73 bits per heavy atom. The molecule has 0 spiro atoms. The normalized spacial score (nSPS) is 16.9. The Labute approximate surface area is 99.8 Å². The number of benzene rings is 1. The highest BCUT2D eigenvalue weighted by Crippen LogP contribution is 2.29. The van der Waals surface area contributed by atoms with Crippen LogP contribution in [0.4, 0.5) is 5.69 Å². The van der Waals surface area contributed by atoms with Crippen molar-refractivity contribution in [2.45, 2.75) is 13.8 Å². The van der Waals surface area contributed by atoms with Crippen LogP contribution in [0.3, 0.4) is 0 Å². The van der Waals surface area contributed by atoms with E-state index in [9.17, 15) is 0 Å². The molecule has 0 aliphatic carbocycles. The predicted molar refractivity (Wildman–Crippen MR) is 68.7 cm³/mol. The van der Waals surface area contributed by atoms with Gasteiger partial charge >= 0.3 is 0 Å². The number of anilines is 1. The number of aryl methyl sites for hydroxylation is 2. The minimum atomic E-state index is 1.08. The highest BCUT2D eigenvalue weighted by atomic mass is 79.9. The van der Waals surface area contributed by atoms with Gasteiger partial charge in [-0.1, -0.05) is 0 Å². The number of hydrogen-bond donors (Lipinski definition) is 1. The molecule has 1 aromatic rings. The maximum atomic E-state index is 3.65. The summed E-state index contributed by atoms with van der Waals surface area (Å²) >= 11 is 3.65. The van der Waals surface area contributed by atoms with E-state index >= 15 is 0 Å². The largest absolute Gasteiger partial charge is 0.368 e. The van der Waals surface area contributed by atoms with Crippen LogP contribution in [-0.2, 0) is 0 Å². The van der Waals surface area contributed by atoms with E-state index in [2.05, 4.69) is 52.1 Å². The van der Waals surface area contributed by atoms with Gasteiger partial charge in [0.05, 0.1) is 5.69 Å². The zero-order valence-corrected chi connectivity index (χ0v) is 10.9. The number of rotatable bonds is 1. The molecule has 0 saturated carbocycles. The van der Waals surface area contributed by atoms with Crippen molar-refractivity contribution in [3.63, 3.8) is 0 Å². The van der Waals surface area contributed by atoms with E-state index in [1.807, 2.05) is 0 Å². The van der Waals surface area contributed by atoms with Crippen LogP contribution in [0.25, 0.3) is 0 Å². The van der Waals surface area contributed by atoms with Crippen LogP contribution >= 0.6 is 15.9 Å². The van der Waals surface area contributed by atoms with E-state index < -0.39 is 0 Å². The molecule has 1 heterocycles. The van der Waals surface area contributed by atoms with Gasteiger partial charge in [-0.25, -0.2) is 0 Å². The topological polar surface area (TPSA) is 15.3 Å². The second kappa shape index (κ2) is 4.54. The van der Waals surface area contributed by atoms with Crippen molar-refractivity contribution in [1.29, 1.82) is 0 Å². The molecule has 1 aliphatic heterocycles. The Morgan fingerprint density at radius 1 is 1.13 bits per heavy atom. The first kappa shape index (κ1) is 11.0. The van der Waals surface area contributed by atoms with E-state index in [0.717, 1.165) is 26.2 Å². The van der Waals surface area contributed by atoms with Crippen molar-refractivity contribution in [3.8, 4) is 0 Å². The van der Waals surface area contributed by atoms with Crippen LogP contribution in [0.1, 0.15) is 11.1 Å². The Balaban J connectivity index is 2.30. The summed E-state index contributed by atoms with van der Waals surface area (Å²) in [6.45, 7) is 8.69. The molecule has 0 radical (unpaired) electrons. The number of piperazine rings is 1. The van der Waals surface area contributed by atoms with Gasteiger partial charge in [-0.3, -0.25) is 0 Å². The maximum absolute atomic E-state index is 3.65. The molecule has 3 heteroatoms. The number of nitrogens with one attached hydrogen (secondary N) is 1. The summed E-state index contributed by atoms with van der Waals surface area (Å²) in [4.78, 5) is 2.44. The maximum Gasteiger partial charge on any atom is 0.0514 e.